The number of hydrogen-bond donors (Lipinski definition) is 1. The first-order valence-corrected chi connectivity index (χ1v) is 7.18. The number of aliphatic hydroxyl groups is 1. The highest BCUT2D eigenvalue weighted by molar-refractivity contribution is 5.78. The van der Waals surface area contributed by atoms with E-state index >= 15 is 0 Å². The molecule has 2 atom stereocenters. The van der Waals surface area contributed by atoms with Crippen molar-refractivity contribution in [3.05, 3.63) is 0 Å². The van der Waals surface area contributed by atoms with Gasteiger partial charge in [-0.05, 0) is 19.8 Å². The van der Waals surface area contributed by atoms with E-state index in [1.807, 2.05) is 37.5 Å². The quantitative estimate of drug-likeness (QED) is 0.803. The second-order valence-electron chi connectivity index (χ2n) is 6.46. The van der Waals surface area contributed by atoms with Crippen molar-refractivity contribution in [1.82, 2.24) is 9.80 Å². The molecular formula is C14H26N2O3. The summed E-state index contributed by atoms with van der Waals surface area (Å²) >= 11 is 0. The molecule has 0 radical (unpaired) electrons. The van der Waals surface area contributed by atoms with Crippen LogP contribution in [-0.2, 0) is 9.53 Å². The van der Waals surface area contributed by atoms with Crippen molar-refractivity contribution < 1.29 is 14.6 Å². The third-order valence-electron chi connectivity index (χ3n) is 4.20. The van der Waals surface area contributed by atoms with E-state index in [2.05, 4.69) is 0 Å². The first-order chi connectivity index (χ1) is 8.80. The second-order valence-corrected chi connectivity index (χ2v) is 6.46. The molecule has 0 aromatic rings. The molecule has 0 saturated carbocycles. The van der Waals surface area contributed by atoms with Crippen LogP contribution >= 0.6 is 0 Å². The van der Waals surface area contributed by atoms with Crippen LogP contribution in [0.2, 0.25) is 0 Å². The van der Waals surface area contributed by atoms with Crippen LogP contribution in [-0.4, -0.2) is 71.3 Å². The van der Waals surface area contributed by atoms with Crippen molar-refractivity contribution in [2.45, 2.75) is 45.5 Å². The Bertz CT molecular complexity index is 330. The summed E-state index contributed by atoms with van der Waals surface area (Å²) in [6.07, 6.45) is 0.216. The first-order valence-electron chi connectivity index (χ1n) is 7.18. The first kappa shape index (κ1) is 14.8. The molecule has 5 heteroatoms. The summed E-state index contributed by atoms with van der Waals surface area (Å²) in [6, 6.07) is 0. The Morgan fingerprint density at radius 3 is 2.32 bits per heavy atom. The Hall–Kier alpha value is -0.650. The lowest BCUT2D eigenvalue weighted by Gasteiger charge is -2.49. The lowest BCUT2D eigenvalue weighted by atomic mass is 9.83. The highest BCUT2D eigenvalue weighted by Crippen LogP contribution is 2.28. The number of rotatable bonds is 3. The Balaban J connectivity index is 1.80. The Morgan fingerprint density at radius 2 is 1.84 bits per heavy atom. The predicted molar refractivity (Wildman–Crippen MR) is 72.8 cm³/mol. The van der Waals surface area contributed by atoms with Gasteiger partial charge in [-0.3, -0.25) is 9.69 Å². The van der Waals surface area contributed by atoms with E-state index in [1.165, 1.54) is 0 Å². The molecule has 5 nitrogen and oxygen atoms in total. The maximum atomic E-state index is 12.2. The molecule has 0 spiro atoms. The SMILES string of the molecule is CC1CN(C(=O)CN2CC(O)(C(C)C)C2)CC(C)O1. The van der Waals surface area contributed by atoms with Gasteiger partial charge in [0.25, 0.3) is 0 Å². The third-order valence-corrected chi connectivity index (χ3v) is 4.20. The largest absolute Gasteiger partial charge is 0.387 e. The van der Waals surface area contributed by atoms with Gasteiger partial charge in [0.05, 0.1) is 24.4 Å². The number of morpholine rings is 1. The zero-order chi connectivity index (χ0) is 14.2. The van der Waals surface area contributed by atoms with Gasteiger partial charge in [-0.2, -0.15) is 0 Å². The van der Waals surface area contributed by atoms with Crippen LogP contribution < -0.4 is 0 Å². The smallest absolute Gasteiger partial charge is 0.236 e. The molecule has 0 bridgehead atoms. The predicted octanol–water partition coefficient (Wildman–Crippen LogP) is 0.325. The summed E-state index contributed by atoms with van der Waals surface area (Å²) in [5.74, 6) is 0.384. The summed E-state index contributed by atoms with van der Waals surface area (Å²) in [4.78, 5) is 16.1. The van der Waals surface area contributed by atoms with Crippen LogP contribution in [0.25, 0.3) is 0 Å². The van der Waals surface area contributed by atoms with Gasteiger partial charge >= 0.3 is 0 Å². The lowest BCUT2D eigenvalue weighted by Crippen LogP contribution is -2.66. The maximum Gasteiger partial charge on any atom is 0.236 e. The summed E-state index contributed by atoms with van der Waals surface area (Å²) in [7, 11) is 0. The zero-order valence-electron chi connectivity index (χ0n) is 12.4. The van der Waals surface area contributed by atoms with Crippen LogP contribution in [0.5, 0.6) is 0 Å². The minimum Gasteiger partial charge on any atom is -0.387 e. The standard InChI is InChI=1S/C14H26N2O3/c1-10(2)14(18)8-15(9-14)7-13(17)16-5-11(3)19-12(4)6-16/h10-12,18H,5-9H2,1-4H3. The fourth-order valence-electron chi connectivity index (χ4n) is 2.88. The molecule has 0 aliphatic carbocycles. The molecule has 0 aromatic heterocycles. The fourth-order valence-corrected chi connectivity index (χ4v) is 2.88. The number of β-amino-alcohol motifs (C(OH)–C–C–N with tert-alkyl or cyclic N) is 1. The van der Waals surface area contributed by atoms with Crippen LogP contribution in [0.3, 0.4) is 0 Å². The number of hydrogen-bond acceptors (Lipinski definition) is 4. The van der Waals surface area contributed by atoms with Crippen molar-refractivity contribution in [1.29, 1.82) is 0 Å². The summed E-state index contributed by atoms with van der Waals surface area (Å²) < 4.78 is 5.63. The van der Waals surface area contributed by atoms with Crippen LogP contribution in [0.1, 0.15) is 27.7 Å². The molecule has 2 unspecified atom stereocenters. The maximum absolute atomic E-state index is 12.2. The van der Waals surface area contributed by atoms with Crippen LogP contribution in [0.4, 0.5) is 0 Å². The molecule has 19 heavy (non-hydrogen) atoms. The Morgan fingerprint density at radius 1 is 1.32 bits per heavy atom. The van der Waals surface area contributed by atoms with Gasteiger partial charge in [0, 0.05) is 26.2 Å². The van der Waals surface area contributed by atoms with Crippen LogP contribution in [0, 0.1) is 5.92 Å². The van der Waals surface area contributed by atoms with E-state index in [1.54, 1.807) is 0 Å². The fraction of sp³-hybridized carbons (Fsp3) is 0.929. The zero-order valence-corrected chi connectivity index (χ0v) is 12.4. The van der Waals surface area contributed by atoms with Crippen molar-refractivity contribution in [2.75, 3.05) is 32.7 Å². The van der Waals surface area contributed by atoms with Gasteiger partial charge in [-0.15, -0.1) is 0 Å². The molecule has 2 heterocycles. The molecular weight excluding hydrogens is 244 g/mol. The monoisotopic (exact) mass is 270 g/mol. The van der Waals surface area contributed by atoms with Gasteiger partial charge in [0.1, 0.15) is 0 Å². The normalized spacial score (nSPS) is 31.4. The number of carbonyl (C=O) groups excluding carboxylic acids is 1. The van der Waals surface area contributed by atoms with Crippen molar-refractivity contribution in [3.63, 3.8) is 0 Å². The van der Waals surface area contributed by atoms with E-state index in [4.69, 9.17) is 4.74 Å². The average molecular weight is 270 g/mol. The molecule has 110 valence electrons. The van der Waals surface area contributed by atoms with Crippen molar-refractivity contribution >= 4 is 5.91 Å². The van der Waals surface area contributed by atoms with Gasteiger partial charge in [-0.1, -0.05) is 13.8 Å². The molecule has 2 saturated heterocycles. The van der Waals surface area contributed by atoms with Gasteiger partial charge in [0.15, 0.2) is 0 Å². The molecule has 2 aliphatic heterocycles. The third kappa shape index (κ3) is 3.27. The average Bonchev–Trinajstić information content (AvgIpc) is 2.24. The summed E-state index contributed by atoms with van der Waals surface area (Å²) in [5, 5.41) is 10.2. The molecule has 2 rings (SSSR count). The highest BCUT2D eigenvalue weighted by atomic mass is 16.5. The Labute approximate surface area is 115 Å². The minimum absolute atomic E-state index is 0.108. The van der Waals surface area contributed by atoms with Gasteiger partial charge < -0.3 is 14.7 Å². The van der Waals surface area contributed by atoms with E-state index in [9.17, 15) is 9.90 Å². The van der Waals surface area contributed by atoms with E-state index in [-0.39, 0.29) is 24.0 Å². The van der Waals surface area contributed by atoms with Crippen molar-refractivity contribution in [3.8, 4) is 0 Å². The summed E-state index contributed by atoms with van der Waals surface area (Å²) in [5.41, 5.74) is -0.605. The molecule has 1 amide bonds. The topological polar surface area (TPSA) is 53.0 Å². The Kier molecular flexibility index (Phi) is 4.18. The molecule has 2 fully saturated rings. The number of carbonyl (C=O) groups is 1. The number of ether oxygens (including phenoxy) is 1. The van der Waals surface area contributed by atoms with Crippen molar-refractivity contribution in [2.24, 2.45) is 5.92 Å². The van der Waals surface area contributed by atoms with Crippen LogP contribution in [0.15, 0.2) is 0 Å². The second kappa shape index (κ2) is 5.38. The van der Waals surface area contributed by atoms with E-state index < -0.39 is 5.60 Å². The highest BCUT2D eigenvalue weighted by Gasteiger charge is 2.44. The van der Waals surface area contributed by atoms with E-state index in [0.717, 1.165) is 0 Å². The molecule has 2 aliphatic rings. The lowest BCUT2D eigenvalue weighted by molar-refractivity contribution is -0.157. The molecule has 1 N–H and O–H groups in total. The molecule has 0 aromatic carbocycles. The minimum atomic E-state index is -0.605. The number of likely N-dealkylation sites (tertiary alicyclic amines) is 1. The number of amides is 1. The number of nitrogens with zero attached hydrogens (tertiary/aromatic N) is 2. The summed E-state index contributed by atoms with van der Waals surface area (Å²) in [6.45, 7) is 11.0. The van der Waals surface area contributed by atoms with Gasteiger partial charge in [-0.25, -0.2) is 0 Å². The van der Waals surface area contributed by atoms with Gasteiger partial charge in [0.2, 0.25) is 5.91 Å². The van der Waals surface area contributed by atoms with E-state index in [0.29, 0.717) is 32.7 Å².